The van der Waals surface area contributed by atoms with Gasteiger partial charge in [-0.2, -0.15) is 0 Å². The van der Waals surface area contributed by atoms with Crippen molar-refractivity contribution in [3.63, 3.8) is 0 Å². The van der Waals surface area contributed by atoms with Gasteiger partial charge in [-0.15, -0.1) is 0 Å². The molecule has 0 fully saturated rings. The van der Waals surface area contributed by atoms with E-state index >= 15 is 0 Å². The molecule has 2 heterocycles. The quantitative estimate of drug-likeness (QED) is 0.887. The van der Waals surface area contributed by atoms with Gasteiger partial charge in [0.15, 0.2) is 5.82 Å². The fourth-order valence-electron chi connectivity index (χ4n) is 1.65. The van der Waals surface area contributed by atoms with Crippen LogP contribution < -0.4 is 10.6 Å². The van der Waals surface area contributed by atoms with E-state index < -0.39 is 0 Å². The second-order valence-corrected chi connectivity index (χ2v) is 4.54. The highest BCUT2D eigenvalue weighted by atomic mass is 35.5. The zero-order chi connectivity index (χ0) is 14.4. The predicted octanol–water partition coefficient (Wildman–Crippen LogP) is 3.20. The van der Waals surface area contributed by atoms with Crippen LogP contribution in [0.4, 0.5) is 11.5 Å². The first-order valence-electron chi connectivity index (χ1n) is 6.32. The van der Waals surface area contributed by atoms with Crippen molar-refractivity contribution in [1.29, 1.82) is 0 Å². The summed E-state index contributed by atoms with van der Waals surface area (Å²) in [6, 6.07) is 5.04. The molecule has 1 amide bonds. The van der Waals surface area contributed by atoms with Crippen molar-refractivity contribution in [2.45, 2.75) is 13.3 Å². The van der Waals surface area contributed by atoms with Gasteiger partial charge in [0, 0.05) is 18.9 Å². The molecule has 2 aromatic rings. The number of halogens is 1. The fraction of sp³-hybridized carbons (Fsp3) is 0.214. The van der Waals surface area contributed by atoms with E-state index in [1.165, 1.54) is 0 Å². The number of carbonyl (C=O) groups excluding carboxylic acids is 1. The standard InChI is InChI=1S/C14H15ClN4O/c1-2-6-17-12-9-16-8-5-10(12)14(20)19-13-11(15)4-3-7-18-13/h3-5,7-9,17H,2,6H2,1H3,(H,18,19,20). The Balaban J connectivity index is 2.19. The molecule has 0 saturated carbocycles. The van der Waals surface area contributed by atoms with Gasteiger partial charge in [-0.05, 0) is 24.6 Å². The number of hydrogen-bond donors (Lipinski definition) is 2. The smallest absolute Gasteiger partial charge is 0.259 e. The molecule has 104 valence electrons. The van der Waals surface area contributed by atoms with Gasteiger partial charge < -0.3 is 10.6 Å². The third-order valence-corrected chi connectivity index (χ3v) is 2.93. The largest absolute Gasteiger partial charge is 0.383 e. The van der Waals surface area contributed by atoms with Crippen LogP contribution in [0.15, 0.2) is 36.8 Å². The first kappa shape index (κ1) is 14.3. The average Bonchev–Trinajstić information content (AvgIpc) is 2.47. The highest BCUT2D eigenvalue weighted by molar-refractivity contribution is 6.33. The Bertz CT molecular complexity index is 603. The van der Waals surface area contributed by atoms with Crippen LogP contribution in [0.5, 0.6) is 0 Å². The van der Waals surface area contributed by atoms with Crippen LogP contribution in [0.3, 0.4) is 0 Å². The van der Waals surface area contributed by atoms with Crippen LogP contribution in [0.1, 0.15) is 23.7 Å². The van der Waals surface area contributed by atoms with E-state index in [0.29, 0.717) is 22.1 Å². The Morgan fingerprint density at radius 3 is 2.95 bits per heavy atom. The number of pyridine rings is 2. The minimum atomic E-state index is -0.272. The van der Waals surface area contributed by atoms with Crippen molar-refractivity contribution in [3.8, 4) is 0 Å². The maximum absolute atomic E-state index is 12.3. The number of hydrogen-bond acceptors (Lipinski definition) is 4. The molecule has 2 aromatic heterocycles. The summed E-state index contributed by atoms with van der Waals surface area (Å²) < 4.78 is 0. The van der Waals surface area contributed by atoms with Crippen LogP contribution in [0.2, 0.25) is 5.02 Å². The Morgan fingerprint density at radius 2 is 2.20 bits per heavy atom. The van der Waals surface area contributed by atoms with Crippen LogP contribution in [0, 0.1) is 0 Å². The summed E-state index contributed by atoms with van der Waals surface area (Å²) in [5, 5.41) is 6.26. The summed E-state index contributed by atoms with van der Waals surface area (Å²) in [7, 11) is 0. The lowest BCUT2D eigenvalue weighted by Crippen LogP contribution is -2.16. The van der Waals surface area contributed by atoms with Gasteiger partial charge in [0.05, 0.1) is 22.5 Å². The molecule has 20 heavy (non-hydrogen) atoms. The summed E-state index contributed by atoms with van der Waals surface area (Å²) in [6.07, 6.45) is 5.74. The summed E-state index contributed by atoms with van der Waals surface area (Å²) in [4.78, 5) is 20.3. The molecular weight excluding hydrogens is 276 g/mol. The van der Waals surface area contributed by atoms with Crippen LogP contribution in [-0.2, 0) is 0 Å². The van der Waals surface area contributed by atoms with Gasteiger partial charge in [0.25, 0.3) is 5.91 Å². The normalized spacial score (nSPS) is 10.1. The highest BCUT2D eigenvalue weighted by Gasteiger charge is 2.13. The predicted molar refractivity (Wildman–Crippen MR) is 80.2 cm³/mol. The Hall–Kier alpha value is -2.14. The lowest BCUT2D eigenvalue weighted by molar-refractivity contribution is 0.102. The molecular formula is C14H15ClN4O. The van der Waals surface area contributed by atoms with E-state index in [9.17, 15) is 4.79 Å². The second-order valence-electron chi connectivity index (χ2n) is 4.14. The zero-order valence-electron chi connectivity index (χ0n) is 11.1. The molecule has 0 aliphatic heterocycles. The Labute approximate surface area is 122 Å². The number of carbonyl (C=O) groups is 1. The number of amides is 1. The van der Waals surface area contributed by atoms with E-state index in [0.717, 1.165) is 13.0 Å². The Morgan fingerprint density at radius 1 is 1.35 bits per heavy atom. The molecule has 6 heteroatoms. The van der Waals surface area contributed by atoms with Crippen molar-refractivity contribution < 1.29 is 4.79 Å². The minimum absolute atomic E-state index is 0.272. The summed E-state index contributed by atoms with van der Waals surface area (Å²) in [6.45, 7) is 2.83. The summed E-state index contributed by atoms with van der Waals surface area (Å²) >= 11 is 5.97. The van der Waals surface area contributed by atoms with Crippen molar-refractivity contribution in [2.75, 3.05) is 17.2 Å². The summed E-state index contributed by atoms with van der Waals surface area (Å²) in [5.41, 5.74) is 1.20. The maximum atomic E-state index is 12.3. The van der Waals surface area contributed by atoms with Gasteiger partial charge in [-0.25, -0.2) is 4.98 Å². The van der Waals surface area contributed by atoms with Crippen LogP contribution >= 0.6 is 11.6 Å². The van der Waals surface area contributed by atoms with E-state index in [1.54, 1.807) is 36.8 Å². The van der Waals surface area contributed by atoms with E-state index in [1.807, 2.05) is 0 Å². The molecule has 2 N–H and O–H groups in total. The first-order chi connectivity index (χ1) is 9.72. The lowest BCUT2D eigenvalue weighted by Gasteiger charge is -2.11. The fourth-order valence-corrected chi connectivity index (χ4v) is 1.81. The van der Waals surface area contributed by atoms with Crippen LogP contribution in [0.25, 0.3) is 0 Å². The molecule has 0 spiro atoms. The number of nitrogens with one attached hydrogen (secondary N) is 2. The van der Waals surface area contributed by atoms with Crippen LogP contribution in [-0.4, -0.2) is 22.4 Å². The molecule has 5 nitrogen and oxygen atoms in total. The van der Waals surface area contributed by atoms with Crippen molar-refractivity contribution in [1.82, 2.24) is 9.97 Å². The molecule has 0 unspecified atom stereocenters. The molecule has 0 atom stereocenters. The van der Waals surface area contributed by atoms with Crippen molar-refractivity contribution in [3.05, 3.63) is 47.4 Å². The SMILES string of the molecule is CCCNc1cnccc1C(=O)Nc1ncccc1Cl. The maximum Gasteiger partial charge on any atom is 0.259 e. The molecule has 0 aliphatic rings. The van der Waals surface area contributed by atoms with Gasteiger partial charge in [-0.3, -0.25) is 9.78 Å². The lowest BCUT2D eigenvalue weighted by atomic mass is 10.2. The molecule has 0 radical (unpaired) electrons. The topological polar surface area (TPSA) is 66.9 Å². The van der Waals surface area contributed by atoms with E-state index in [2.05, 4.69) is 27.5 Å². The van der Waals surface area contributed by atoms with Gasteiger partial charge in [-0.1, -0.05) is 18.5 Å². The van der Waals surface area contributed by atoms with E-state index in [4.69, 9.17) is 11.6 Å². The summed E-state index contributed by atoms with van der Waals surface area (Å²) in [5.74, 6) is 0.0732. The first-order valence-corrected chi connectivity index (χ1v) is 6.70. The minimum Gasteiger partial charge on any atom is -0.383 e. The van der Waals surface area contributed by atoms with E-state index in [-0.39, 0.29) is 5.91 Å². The third kappa shape index (κ3) is 3.45. The highest BCUT2D eigenvalue weighted by Crippen LogP contribution is 2.20. The average molecular weight is 291 g/mol. The van der Waals surface area contributed by atoms with Gasteiger partial charge in [0.1, 0.15) is 0 Å². The Kier molecular flexibility index (Phi) is 4.90. The van der Waals surface area contributed by atoms with Crippen molar-refractivity contribution >= 4 is 29.0 Å². The molecule has 2 rings (SSSR count). The third-order valence-electron chi connectivity index (χ3n) is 2.62. The number of nitrogens with zero attached hydrogens (tertiary/aromatic N) is 2. The van der Waals surface area contributed by atoms with Gasteiger partial charge in [0.2, 0.25) is 0 Å². The van der Waals surface area contributed by atoms with Gasteiger partial charge >= 0.3 is 0 Å². The number of aromatic nitrogens is 2. The molecule has 0 saturated heterocycles. The zero-order valence-corrected chi connectivity index (χ0v) is 11.8. The monoisotopic (exact) mass is 290 g/mol. The number of rotatable bonds is 5. The van der Waals surface area contributed by atoms with Crippen molar-refractivity contribution in [2.24, 2.45) is 0 Å². The second kappa shape index (κ2) is 6.86. The molecule has 0 aromatic carbocycles. The number of anilines is 2. The molecule has 0 bridgehead atoms. The molecule has 0 aliphatic carbocycles.